The summed E-state index contributed by atoms with van der Waals surface area (Å²) in [5.74, 6) is 0.975. The van der Waals surface area contributed by atoms with Gasteiger partial charge in [-0.1, -0.05) is 39.0 Å². The summed E-state index contributed by atoms with van der Waals surface area (Å²) in [6.07, 6.45) is 14.5. The van der Waals surface area contributed by atoms with Crippen LogP contribution in [0.4, 0.5) is 0 Å². The van der Waals surface area contributed by atoms with Gasteiger partial charge in [-0.3, -0.25) is 0 Å². The summed E-state index contributed by atoms with van der Waals surface area (Å²) in [7, 11) is 0. The first-order valence-electron chi connectivity index (χ1n) is 7.10. The SMILES string of the molecule is CC1CCCC(NC2CCCCC2)CC1. The molecule has 0 saturated heterocycles. The zero-order valence-corrected chi connectivity index (χ0v) is 10.3. The lowest BCUT2D eigenvalue weighted by molar-refractivity contribution is 0.318. The van der Waals surface area contributed by atoms with E-state index >= 15 is 0 Å². The molecule has 1 heteroatoms. The molecule has 0 spiro atoms. The van der Waals surface area contributed by atoms with Gasteiger partial charge in [-0.25, -0.2) is 0 Å². The van der Waals surface area contributed by atoms with Crippen molar-refractivity contribution in [3.8, 4) is 0 Å². The number of hydrogen-bond donors (Lipinski definition) is 1. The maximum absolute atomic E-state index is 3.92. The van der Waals surface area contributed by atoms with E-state index in [1.165, 1.54) is 64.2 Å². The van der Waals surface area contributed by atoms with Gasteiger partial charge in [0.1, 0.15) is 0 Å². The van der Waals surface area contributed by atoms with Crippen LogP contribution >= 0.6 is 0 Å². The summed E-state index contributed by atoms with van der Waals surface area (Å²) >= 11 is 0. The van der Waals surface area contributed by atoms with Gasteiger partial charge in [0.05, 0.1) is 0 Å². The van der Waals surface area contributed by atoms with Gasteiger partial charge in [0, 0.05) is 12.1 Å². The van der Waals surface area contributed by atoms with Crippen molar-refractivity contribution in [3.05, 3.63) is 0 Å². The van der Waals surface area contributed by atoms with Gasteiger partial charge in [-0.05, 0) is 38.0 Å². The van der Waals surface area contributed by atoms with Crippen molar-refractivity contribution in [2.45, 2.75) is 83.2 Å². The number of rotatable bonds is 2. The monoisotopic (exact) mass is 209 g/mol. The zero-order chi connectivity index (χ0) is 10.5. The molecule has 2 atom stereocenters. The first-order chi connectivity index (χ1) is 7.34. The van der Waals surface area contributed by atoms with Crippen LogP contribution in [0.3, 0.4) is 0 Å². The Morgan fingerprint density at radius 1 is 0.667 bits per heavy atom. The van der Waals surface area contributed by atoms with Crippen LogP contribution in [0, 0.1) is 5.92 Å². The van der Waals surface area contributed by atoms with E-state index in [0.717, 1.165) is 18.0 Å². The fraction of sp³-hybridized carbons (Fsp3) is 1.00. The van der Waals surface area contributed by atoms with Crippen molar-refractivity contribution >= 4 is 0 Å². The summed E-state index contributed by atoms with van der Waals surface area (Å²) in [6, 6.07) is 1.70. The Morgan fingerprint density at radius 2 is 1.33 bits per heavy atom. The van der Waals surface area contributed by atoms with Crippen molar-refractivity contribution in [1.29, 1.82) is 0 Å². The van der Waals surface area contributed by atoms with E-state index < -0.39 is 0 Å². The van der Waals surface area contributed by atoms with Gasteiger partial charge in [-0.15, -0.1) is 0 Å². The molecule has 0 aromatic rings. The fourth-order valence-electron chi connectivity index (χ4n) is 3.26. The van der Waals surface area contributed by atoms with Gasteiger partial charge in [0.2, 0.25) is 0 Å². The average Bonchev–Trinajstić information content (AvgIpc) is 2.46. The maximum atomic E-state index is 3.92. The van der Waals surface area contributed by atoms with Crippen LogP contribution in [0.2, 0.25) is 0 Å². The molecule has 2 rings (SSSR count). The van der Waals surface area contributed by atoms with E-state index in [1.807, 2.05) is 0 Å². The molecule has 15 heavy (non-hydrogen) atoms. The average molecular weight is 209 g/mol. The van der Waals surface area contributed by atoms with Crippen LogP contribution in [0.1, 0.15) is 71.1 Å². The highest BCUT2D eigenvalue weighted by atomic mass is 14.9. The Labute approximate surface area is 95.0 Å². The second kappa shape index (κ2) is 5.89. The molecule has 0 heterocycles. The highest BCUT2D eigenvalue weighted by Gasteiger charge is 2.20. The minimum atomic E-state index is 0.845. The van der Waals surface area contributed by atoms with Gasteiger partial charge >= 0.3 is 0 Å². The maximum Gasteiger partial charge on any atom is 0.00697 e. The quantitative estimate of drug-likeness (QED) is 0.681. The van der Waals surface area contributed by atoms with E-state index in [0.29, 0.717) is 0 Å². The predicted octanol–water partition coefficient (Wildman–Crippen LogP) is 3.88. The Morgan fingerprint density at radius 3 is 2.13 bits per heavy atom. The topological polar surface area (TPSA) is 12.0 Å². The molecular weight excluding hydrogens is 182 g/mol. The molecule has 2 unspecified atom stereocenters. The Bertz CT molecular complexity index is 172. The van der Waals surface area contributed by atoms with Gasteiger partial charge in [0.25, 0.3) is 0 Å². The van der Waals surface area contributed by atoms with Crippen LogP contribution < -0.4 is 5.32 Å². The Hall–Kier alpha value is -0.0400. The summed E-state index contributed by atoms with van der Waals surface area (Å²) in [6.45, 7) is 2.42. The van der Waals surface area contributed by atoms with Crippen molar-refractivity contribution in [3.63, 3.8) is 0 Å². The van der Waals surface area contributed by atoms with Crippen molar-refractivity contribution in [2.24, 2.45) is 5.92 Å². The third-order valence-corrected chi connectivity index (χ3v) is 4.33. The van der Waals surface area contributed by atoms with Crippen molar-refractivity contribution in [2.75, 3.05) is 0 Å². The van der Waals surface area contributed by atoms with E-state index in [1.54, 1.807) is 0 Å². The highest BCUT2D eigenvalue weighted by Crippen LogP contribution is 2.25. The standard InChI is InChI=1S/C14H27N/c1-12-6-5-9-14(11-10-12)15-13-7-3-2-4-8-13/h12-15H,2-11H2,1H3. The van der Waals surface area contributed by atoms with Crippen LogP contribution in [0.5, 0.6) is 0 Å². The van der Waals surface area contributed by atoms with E-state index in [-0.39, 0.29) is 0 Å². The molecule has 0 aliphatic heterocycles. The third-order valence-electron chi connectivity index (χ3n) is 4.33. The predicted molar refractivity (Wildman–Crippen MR) is 66.0 cm³/mol. The first-order valence-corrected chi connectivity index (χ1v) is 7.10. The Balaban J connectivity index is 1.72. The highest BCUT2D eigenvalue weighted by molar-refractivity contribution is 4.79. The second-order valence-corrected chi connectivity index (χ2v) is 5.81. The van der Waals surface area contributed by atoms with E-state index in [4.69, 9.17) is 0 Å². The first kappa shape index (κ1) is 11.4. The normalized spacial score (nSPS) is 35.0. The molecule has 0 aromatic heterocycles. The Kier molecular flexibility index (Phi) is 4.49. The van der Waals surface area contributed by atoms with Crippen molar-refractivity contribution in [1.82, 2.24) is 5.32 Å². The minimum absolute atomic E-state index is 0.845. The van der Waals surface area contributed by atoms with Gasteiger partial charge in [0.15, 0.2) is 0 Å². The molecule has 1 nitrogen and oxygen atoms in total. The molecular formula is C14H27N. The lowest BCUT2D eigenvalue weighted by atomic mass is 9.94. The van der Waals surface area contributed by atoms with Crippen LogP contribution in [-0.2, 0) is 0 Å². The molecule has 88 valence electrons. The molecule has 0 amide bonds. The van der Waals surface area contributed by atoms with Crippen LogP contribution in [-0.4, -0.2) is 12.1 Å². The molecule has 0 radical (unpaired) electrons. The number of nitrogens with one attached hydrogen (secondary N) is 1. The van der Waals surface area contributed by atoms with E-state index in [9.17, 15) is 0 Å². The molecule has 2 aliphatic carbocycles. The largest absolute Gasteiger partial charge is 0.311 e. The minimum Gasteiger partial charge on any atom is -0.311 e. The zero-order valence-electron chi connectivity index (χ0n) is 10.3. The summed E-state index contributed by atoms with van der Waals surface area (Å²) in [4.78, 5) is 0. The molecule has 2 fully saturated rings. The van der Waals surface area contributed by atoms with Gasteiger partial charge in [-0.2, -0.15) is 0 Å². The smallest absolute Gasteiger partial charge is 0.00697 e. The molecule has 2 aliphatic rings. The third kappa shape index (κ3) is 3.79. The van der Waals surface area contributed by atoms with E-state index in [2.05, 4.69) is 12.2 Å². The summed E-state index contributed by atoms with van der Waals surface area (Å²) in [5, 5.41) is 3.92. The lowest BCUT2D eigenvalue weighted by Crippen LogP contribution is -2.39. The molecule has 0 aromatic carbocycles. The fourth-order valence-corrected chi connectivity index (χ4v) is 3.26. The molecule has 0 bridgehead atoms. The van der Waals surface area contributed by atoms with Crippen molar-refractivity contribution < 1.29 is 0 Å². The molecule has 2 saturated carbocycles. The van der Waals surface area contributed by atoms with Crippen LogP contribution in [0.15, 0.2) is 0 Å². The number of hydrogen-bond acceptors (Lipinski definition) is 1. The van der Waals surface area contributed by atoms with Gasteiger partial charge < -0.3 is 5.32 Å². The summed E-state index contributed by atoms with van der Waals surface area (Å²) < 4.78 is 0. The lowest BCUT2D eigenvalue weighted by Gasteiger charge is -2.28. The summed E-state index contributed by atoms with van der Waals surface area (Å²) in [5.41, 5.74) is 0. The second-order valence-electron chi connectivity index (χ2n) is 5.81. The van der Waals surface area contributed by atoms with Crippen LogP contribution in [0.25, 0.3) is 0 Å². The molecule has 1 N–H and O–H groups in total.